The fourth-order valence-electron chi connectivity index (χ4n) is 2.27. The molecule has 3 rings (SSSR count). The average Bonchev–Trinajstić information content (AvgIpc) is 2.80. The Labute approximate surface area is 105 Å². The van der Waals surface area contributed by atoms with Crippen molar-refractivity contribution in [3.05, 3.63) is 29.7 Å². The second kappa shape index (κ2) is 4.86. The number of carbonyl (C=O) groups excluding carboxylic acids is 1. The molecule has 1 saturated heterocycles. The number of rotatable bonds is 3. The van der Waals surface area contributed by atoms with Gasteiger partial charge in [-0.1, -0.05) is 0 Å². The molecule has 0 saturated carbocycles. The molecule has 1 aliphatic rings. The summed E-state index contributed by atoms with van der Waals surface area (Å²) in [6.45, 7) is 0.841. The summed E-state index contributed by atoms with van der Waals surface area (Å²) in [6, 6.07) is 3.56. The van der Waals surface area contributed by atoms with Gasteiger partial charge in [-0.3, -0.25) is 4.79 Å². The molecule has 3 heterocycles. The Balaban J connectivity index is 1.81. The maximum atomic E-state index is 10.7. The molecular formula is C13H15N3O2. The number of aromatic nitrogens is 3. The van der Waals surface area contributed by atoms with E-state index in [1.54, 1.807) is 16.8 Å². The Kier molecular flexibility index (Phi) is 3.06. The summed E-state index contributed by atoms with van der Waals surface area (Å²) >= 11 is 0. The molecule has 0 amide bonds. The van der Waals surface area contributed by atoms with Crippen molar-refractivity contribution >= 4 is 11.9 Å². The molecule has 0 bridgehead atoms. The summed E-state index contributed by atoms with van der Waals surface area (Å²) in [6.07, 6.45) is 6.94. The quantitative estimate of drug-likeness (QED) is 0.771. The van der Waals surface area contributed by atoms with Crippen LogP contribution in [0.5, 0.6) is 0 Å². The molecule has 2 aromatic heterocycles. The minimum absolute atomic E-state index is 0.238. The smallest absolute Gasteiger partial charge is 0.155 e. The molecule has 18 heavy (non-hydrogen) atoms. The summed E-state index contributed by atoms with van der Waals surface area (Å²) in [5, 5.41) is 4.38. The maximum Gasteiger partial charge on any atom is 0.155 e. The van der Waals surface area contributed by atoms with Crippen molar-refractivity contribution in [1.29, 1.82) is 0 Å². The number of nitrogens with zero attached hydrogens (tertiary/aromatic N) is 3. The zero-order valence-electron chi connectivity index (χ0n) is 10.1. The van der Waals surface area contributed by atoms with Crippen molar-refractivity contribution in [1.82, 2.24) is 14.6 Å². The molecule has 1 unspecified atom stereocenters. The topological polar surface area (TPSA) is 56.5 Å². The van der Waals surface area contributed by atoms with Gasteiger partial charge in [-0.05, 0) is 31.4 Å². The molecule has 0 aliphatic carbocycles. The van der Waals surface area contributed by atoms with Gasteiger partial charge in [0.1, 0.15) is 0 Å². The van der Waals surface area contributed by atoms with E-state index in [1.807, 2.05) is 6.07 Å². The maximum absolute atomic E-state index is 10.7. The highest BCUT2D eigenvalue weighted by Crippen LogP contribution is 2.16. The average molecular weight is 245 g/mol. The lowest BCUT2D eigenvalue weighted by Crippen LogP contribution is -2.21. The lowest BCUT2D eigenvalue weighted by atomic mass is 10.1. The molecule has 1 aliphatic heterocycles. The molecule has 1 fully saturated rings. The summed E-state index contributed by atoms with van der Waals surface area (Å²) in [5.41, 5.74) is 1.37. The van der Waals surface area contributed by atoms with Crippen LogP contribution in [0.15, 0.2) is 18.3 Å². The van der Waals surface area contributed by atoms with Crippen LogP contribution in [0.25, 0.3) is 5.65 Å². The number of carbonyl (C=O) groups is 1. The van der Waals surface area contributed by atoms with Crippen molar-refractivity contribution in [2.45, 2.75) is 31.8 Å². The van der Waals surface area contributed by atoms with E-state index >= 15 is 0 Å². The van der Waals surface area contributed by atoms with Gasteiger partial charge in [0.15, 0.2) is 17.8 Å². The molecule has 5 heteroatoms. The van der Waals surface area contributed by atoms with E-state index in [1.165, 1.54) is 6.42 Å². The zero-order valence-corrected chi connectivity index (χ0v) is 10.1. The van der Waals surface area contributed by atoms with Gasteiger partial charge in [0, 0.05) is 24.8 Å². The minimum atomic E-state index is 0.238. The van der Waals surface area contributed by atoms with Gasteiger partial charge in [-0.15, -0.1) is 0 Å². The van der Waals surface area contributed by atoms with E-state index in [-0.39, 0.29) is 6.10 Å². The molecule has 0 aromatic carbocycles. The fraction of sp³-hybridized carbons (Fsp3) is 0.462. The summed E-state index contributed by atoms with van der Waals surface area (Å²) in [4.78, 5) is 15.1. The number of pyridine rings is 1. The van der Waals surface area contributed by atoms with Crippen molar-refractivity contribution in [3.63, 3.8) is 0 Å². The molecular weight excluding hydrogens is 230 g/mol. The second-order valence-electron chi connectivity index (χ2n) is 4.60. The Morgan fingerprint density at radius 2 is 2.39 bits per heavy atom. The molecule has 5 nitrogen and oxygen atoms in total. The Morgan fingerprint density at radius 3 is 3.17 bits per heavy atom. The lowest BCUT2D eigenvalue weighted by molar-refractivity contribution is 0.0157. The SMILES string of the molecule is O=Cc1ccc2nc(CC3CCCCO3)nn2c1. The van der Waals surface area contributed by atoms with Gasteiger partial charge >= 0.3 is 0 Å². The van der Waals surface area contributed by atoms with Crippen LogP contribution in [0.4, 0.5) is 0 Å². The van der Waals surface area contributed by atoms with Crippen LogP contribution in [-0.4, -0.2) is 33.6 Å². The van der Waals surface area contributed by atoms with Crippen LogP contribution in [-0.2, 0) is 11.2 Å². The number of hydrogen-bond acceptors (Lipinski definition) is 4. The van der Waals surface area contributed by atoms with Crippen LogP contribution in [0.3, 0.4) is 0 Å². The zero-order chi connectivity index (χ0) is 12.4. The van der Waals surface area contributed by atoms with Crippen LogP contribution in [0, 0.1) is 0 Å². The second-order valence-corrected chi connectivity index (χ2v) is 4.60. The number of ether oxygens (including phenoxy) is 1. The van der Waals surface area contributed by atoms with E-state index in [9.17, 15) is 4.79 Å². The van der Waals surface area contributed by atoms with E-state index in [0.29, 0.717) is 5.56 Å². The van der Waals surface area contributed by atoms with Gasteiger partial charge < -0.3 is 4.74 Å². The predicted molar refractivity (Wildman–Crippen MR) is 65.7 cm³/mol. The van der Waals surface area contributed by atoms with Gasteiger partial charge in [0.25, 0.3) is 0 Å². The highest BCUT2D eigenvalue weighted by molar-refractivity contribution is 5.74. The molecule has 2 aromatic rings. The molecule has 94 valence electrons. The predicted octanol–water partition coefficient (Wildman–Crippen LogP) is 1.65. The summed E-state index contributed by atoms with van der Waals surface area (Å²) in [5.74, 6) is 0.782. The third kappa shape index (κ3) is 2.26. The van der Waals surface area contributed by atoms with Crippen molar-refractivity contribution < 1.29 is 9.53 Å². The standard InChI is InChI=1S/C13H15N3O2/c17-9-10-4-5-13-14-12(15-16(13)8-10)7-11-3-1-2-6-18-11/h4-5,8-9,11H,1-3,6-7H2. The van der Waals surface area contributed by atoms with Crippen molar-refractivity contribution in [2.75, 3.05) is 6.61 Å². The first-order chi connectivity index (χ1) is 8.85. The van der Waals surface area contributed by atoms with Crippen molar-refractivity contribution in [2.24, 2.45) is 0 Å². The van der Waals surface area contributed by atoms with Gasteiger partial charge in [0.05, 0.1) is 6.10 Å². The Bertz CT molecular complexity index is 558. The van der Waals surface area contributed by atoms with Gasteiger partial charge in [0.2, 0.25) is 0 Å². The third-order valence-electron chi connectivity index (χ3n) is 3.22. The Hall–Kier alpha value is -1.75. The first-order valence-corrected chi connectivity index (χ1v) is 6.27. The van der Waals surface area contributed by atoms with E-state index < -0.39 is 0 Å². The molecule has 0 radical (unpaired) electrons. The minimum Gasteiger partial charge on any atom is -0.378 e. The van der Waals surface area contributed by atoms with E-state index in [4.69, 9.17) is 4.74 Å². The largest absolute Gasteiger partial charge is 0.378 e. The number of fused-ring (bicyclic) bond motifs is 1. The molecule has 0 spiro atoms. The molecule has 1 atom stereocenters. The summed E-state index contributed by atoms with van der Waals surface area (Å²) in [7, 11) is 0. The van der Waals surface area contributed by atoms with Gasteiger partial charge in [-0.25, -0.2) is 9.50 Å². The van der Waals surface area contributed by atoms with Crippen LogP contribution >= 0.6 is 0 Å². The normalized spacial score (nSPS) is 20.1. The van der Waals surface area contributed by atoms with Crippen LogP contribution in [0.1, 0.15) is 35.4 Å². The first kappa shape index (κ1) is 11.3. The first-order valence-electron chi connectivity index (χ1n) is 6.27. The van der Waals surface area contributed by atoms with Gasteiger partial charge in [-0.2, -0.15) is 5.10 Å². The highest BCUT2D eigenvalue weighted by atomic mass is 16.5. The third-order valence-corrected chi connectivity index (χ3v) is 3.22. The van der Waals surface area contributed by atoms with Crippen molar-refractivity contribution in [3.8, 4) is 0 Å². The summed E-state index contributed by atoms with van der Waals surface area (Å²) < 4.78 is 7.33. The van der Waals surface area contributed by atoms with Crippen LogP contribution < -0.4 is 0 Å². The van der Waals surface area contributed by atoms with E-state index in [0.717, 1.165) is 43.6 Å². The lowest BCUT2D eigenvalue weighted by Gasteiger charge is -2.20. The molecule has 0 N–H and O–H groups in total. The number of hydrogen-bond donors (Lipinski definition) is 0. The monoisotopic (exact) mass is 245 g/mol. The van der Waals surface area contributed by atoms with E-state index in [2.05, 4.69) is 10.1 Å². The fourth-order valence-corrected chi connectivity index (χ4v) is 2.27. The van der Waals surface area contributed by atoms with Crippen LogP contribution in [0.2, 0.25) is 0 Å². The number of aldehydes is 1. The highest BCUT2D eigenvalue weighted by Gasteiger charge is 2.16. The Morgan fingerprint density at radius 1 is 1.44 bits per heavy atom.